The summed E-state index contributed by atoms with van der Waals surface area (Å²) in [6.45, 7) is 3.86. The number of carbonyl (C=O) groups excluding carboxylic acids is 1. The van der Waals surface area contributed by atoms with Crippen molar-refractivity contribution in [2.75, 3.05) is 36.0 Å². The second-order valence-corrected chi connectivity index (χ2v) is 11.5. The second kappa shape index (κ2) is 10.7. The van der Waals surface area contributed by atoms with Crippen LogP contribution in [0.25, 0.3) is 28.2 Å². The summed E-state index contributed by atoms with van der Waals surface area (Å²) in [5.74, 6) is 1.58. The Kier molecular flexibility index (Phi) is 7.01. The number of imidazole rings is 1. The maximum atomic E-state index is 12.2. The number of carbonyl (C=O) groups is 1. The van der Waals surface area contributed by atoms with Crippen LogP contribution in [0.5, 0.6) is 0 Å². The van der Waals surface area contributed by atoms with E-state index in [0.29, 0.717) is 65.3 Å². The highest BCUT2D eigenvalue weighted by molar-refractivity contribution is 6.30. The Bertz CT molecular complexity index is 1640. The Morgan fingerprint density at radius 1 is 1.10 bits per heavy atom. The lowest BCUT2D eigenvalue weighted by Gasteiger charge is -2.38. The van der Waals surface area contributed by atoms with E-state index in [2.05, 4.69) is 15.9 Å². The lowest BCUT2D eigenvalue weighted by atomic mass is 9.80. The van der Waals surface area contributed by atoms with Crippen LogP contribution in [0.15, 0.2) is 48.5 Å². The molecule has 0 unspecified atom stereocenters. The van der Waals surface area contributed by atoms with Gasteiger partial charge in [-0.3, -0.25) is 9.36 Å². The van der Waals surface area contributed by atoms with Gasteiger partial charge in [0.15, 0.2) is 17.0 Å². The smallest absolute Gasteiger partial charge is 0.229 e. The topological polar surface area (TPSA) is 137 Å². The highest BCUT2D eigenvalue weighted by atomic mass is 35.5. The molecule has 2 aliphatic heterocycles. The van der Waals surface area contributed by atoms with Gasteiger partial charge in [-0.1, -0.05) is 18.5 Å². The maximum Gasteiger partial charge on any atom is 0.229 e. The van der Waals surface area contributed by atoms with Gasteiger partial charge >= 0.3 is 0 Å². The summed E-state index contributed by atoms with van der Waals surface area (Å²) in [4.78, 5) is 31.6. The Hall–Kier alpha value is -4.20. The molecule has 1 amide bonds. The molecule has 2 aliphatic rings. The van der Waals surface area contributed by atoms with Crippen LogP contribution in [0, 0.1) is 16.7 Å². The first-order chi connectivity index (χ1) is 19.8. The van der Waals surface area contributed by atoms with Gasteiger partial charge in [-0.15, -0.1) is 0 Å². The summed E-state index contributed by atoms with van der Waals surface area (Å²) >= 11 is 6.25. The molecule has 6 rings (SSSR count). The number of nitrogens with zero attached hydrogens (tertiary/aromatic N) is 7. The molecule has 4 aromatic rings. The molecule has 0 aliphatic carbocycles. The minimum Gasteiger partial charge on any atom is -0.394 e. The van der Waals surface area contributed by atoms with Crippen molar-refractivity contribution in [2.45, 2.75) is 38.6 Å². The summed E-state index contributed by atoms with van der Waals surface area (Å²) in [6, 6.07) is 16.9. The first-order valence-electron chi connectivity index (χ1n) is 13.8. The molecule has 2 saturated heterocycles. The van der Waals surface area contributed by atoms with E-state index in [1.54, 1.807) is 12.1 Å². The third kappa shape index (κ3) is 4.85. The van der Waals surface area contributed by atoms with Crippen LogP contribution in [0.1, 0.15) is 38.2 Å². The SMILES string of the molecule is CC1(C(N)=O)CCN(c2nc(N3CCC[C@H]3CO)nc3c2nc(-c2ccc(C#N)cc2)n3-c2ccc(Cl)cc2)CC1. The van der Waals surface area contributed by atoms with Gasteiger partial charge in [-0.05, 0) is 74.2 Å². The summed E-state index contributed by atoms with van der Waals surface area (Å²) < 4.78 is 1.99. The third-order valence-corrected chi connectivity index (χ3v) is 8.69. The number of halogens is 1. The number of aromatic nitrogens is 4. The number of fused-ring (bicyclic) bond motifs is 1. The van der Waals surface area contributed by atoms with Crippen molar-refractivity contribution in [2.24, 2.45) is 11.1 Å². The van der Waals surface area contributed by atoms with Crippen LogP contribution in [0.2, 0.25) is 5.02 Å². The summed E-state index contributed by atoms with van der Waals surface area (Å²) in [7, 11) is 0. The first kappa shape index (κ1) is 27.0. The predicted octanol–water partition coefficient (Wildman–Crippen LogP) is 4.06. The number of nitrogens with two attached hydrogens (primary N) is 1. The molecule has 2 aromatic carbocycles. The fourth-order valence-electron chi connectivity index (χ4n) is 5.75. The average molecular weight is 571 g/mol. The Balaban J connectivity index is 1.58. The molecule has 0 bridgehead atoms. The maximum absolute atomic E-state index is 12.2. The zero-order valence-corrected chi connectivity index (χ0v) is 23.6. The van der Waals surface area contributed by atoms with Gasteiger partial charge in [-0.25, -0.2) is 4.98 Å². The molecule has 210 valence electrons. The lowest BCUT2D eigenvalue weighted by Crippen LogP contribution is -2.46. The number of primary amides is 1. The zero-order valence-electron chi connectivity index (χ0n) is 22.8. The lowest BCUT2D eigenvalue weighted by molar-refractivity contribution is -0.127. The van der Waals surface area contributed by atoms with Crippen molar-refractivity contribution in [3.8, 4) is 23.1 Å². The molecule has 10 nitrogen and oxygen atoms in total. The number of benzene rings is 2. The highest BCUT2D eigenvalue weighted by Gasteiger charge is 2.37. The number of hydrogen-bond acceptors (Lipinski definition) is 8. The van der Waals surface area contributed by atoms with Crippen molar-refractivity contribution in [1.29, 1.82) is 5.26 Å². The summed E-state index contributed by atoms with van der Waals surface area (Å²) in [5.41, 5.74) is 8.62. The molecule has 0 radical (unpaired) electrons. The van der Waals surface area contributed by atoms with Crippen LogP contribution in [-0.2, 0) is 4.79 Å². The van der Waals surface area contributed by atoms with Gasteiger partial charge in [0, 0.05) is 41.3 Å². The third-order valence-electron chi connectivity index (χ3n) is 8.44. The summed E-state index contributed by atoms with van der Waals surface area (Å²) in [5, 5.41) is 20.0. The molecule has 3 N–H and O–H groups in total. The van der Waals surface area contributed by atoms with Gasteiger partial charge in [0.1, 0.15) is 5.82 Å². The Labute approximate surface area is 243 Å². The van der Waals surface area contributed by atoms with E-state index in [4.69, 9.17) is 32.3 Å². The zero-order chi connectivity index (χ0) is 28.7. The van der Waals surface area contributed by atoms with Crippen molar-refractivity contribution >= 4 is 40.4 Å². The predicted molar refractivity (Wildman–Crippen MR) is 158 cm³/mol. The largest absolute Gasteiger partial charge is 0.394 e. The average Bonchev–Trinajstić information content (AvgIpc) is 3.63. The molecular weight excluding hydrogens is 540 g/mol. The minimum absolute atomic E-state index is 0.0182. The van der Waals surface area contributed by atoms with Crippen LogP contribution in [-0.4, -0.2) is 62.8 Å². The van der Waals surface area contributed by atoms with Gasteiger partial charge < -0.3 is 20.6 Å². The number of aliphatic hydroxyl groups is 1. The number of nitriles is 1. The van der Waals surface area contributed by atoms with E-state index < -0.39 is 5.41 Å². The molecule has 0 spiro atoms. The normalized spacial score (nSPS) is 18.5. The molecule has 2 fully saturated rings. The highest BCUT2D eigenvalue weighted by Crippen LogP contribution is 2.38. The van der Waals surface area contributed by atoms with E-state index >= 15 is 0 Å². The van der Waals surface area contributed by atoms with E-state index in [0.717, 1.165) is 30.6 Å². The number of amides is 1. The van der Waals surface area contributed by atoms with Crippen molar-refractivity contribution in [3.63, 3.8) is 0 Å². The Morgan fingerprint density at radius 3 is 2.44 bits per heavy atom. The minimum atomic E-state index is -0.571. The van der Waals surface area contributed by atoms with Gasteiger partial charge in [0.05, 0.1) is 24.3 Å². The molecule has 1 atom stereocenters. The van der Waals surface area contributed by atoms with E-state index in [1.807, 2.05) is 47.9 Å². The van der Waals surface area contributed by atoms with Crippen LogP contribution in [0.3, 0.4) is 0 Å². The quantitative estimate of drug-likeness (QED) is 0.354. The van der Waals surface area contributed by atoms with E-state index in [9.17, 15) is 15.2 Å². The van der Waals surface area contributed by atoms with E-state index in [1.165, 1.54) is 0 Å². The monoisotopic (exact) mass is 570 g/mol. The molecule has 41 heavy (non-hydrogen) atoms. The molecule has 0 saturated carbocycles. The molecule has 4 heterocycles. The van der Waals surface area contributed by atoms with Crippen LogP contribution < -0.4 is 15.5 Å². The van der Waals surface area contributed by atoms with Crippen molar-refractivity contribution in [1.82, 2.24) is 19.5 Å². The fraction of sp³-hybridized carbons (Fsp3) is 0.367. The van der Waals surface area contributed by atoms with Crippen LogP contribution in [0.4, 0.5) is 11.8 Å². The van der Waals surface area contributed by atoms with Gasteiger partial charge in [0.25, 0.3) is 0 Å². The molecule has 2 aromatic heterocycles. The van der Waals surface area contributed by atoms with Crippen molar-refractivity contribution < 1.29 is 9.90 Å². The van der Waals surface area contributed by atoms with E-state index in [-0.39, 0.29) is 18.6 Å². The molecular formula is C30H31ClN8O2. The van der Waals surface area contributed by atoms with Crippen LogP contribution >= 0.6 is 11.6 Å². The molecule has 11 heteroatoms. The first-order valence-corrected chi connectivity index (χ1v) is 14.2. The number of anilines is 2. The standard InChI is InChI=1S/C30H31ClN8O2/c1-30(28(33)41)12-15-37(16-13-30)26-24-27(36-29(35-26)38-14-2-3-23(38)18-40)39(22-10-8-21(31)9-11-22)25(34-24)20-6-4-19(17-32)5-7-20/h4-11,23,40H,2-3,12-16,18H2,1H3,(H2,33,41)/t23-/m0/s1. The van der Waals surface area contributed by atoms with Gasteiger partial charge in [-0.2, -0.15) is 15.2 Å². The number of rotatable bonds is 6. The Morgan fingerprint density at radius 2 is 1.80 bits per heavy atom. The second-order valence-electron chi connectivity index (χ2n) is 11.0. The summed E-state index contributed by atoms with van der Waals surface area (Å²) in [6.07, 6.45) is 3.01. The number of aliphatic hydroxyl groups excluding tert-OH is 1. The fourth-order valence-corrected chi connectivity index (χ4v) is 5.88. The number of piperidine rings is 1. The number of hydrogen-bond donors (Lipinski definition) is 2. The van der Waals surface area contributed by atoms with Gasteiger partial charge in [0.2, 0.25) is 11.9 Å². The van der Waals surface area contributed by atoms with Crippen molar-refractivity contribution in [3.05, 3.63) is 59.1 Å².